The van der Waals surface area contributed by atoms with E-state index >= 15 is 0 Å². The van der Waals surface area contributed by atoms with Crippen LogP contribution in [-0.4, -0.2) is 25.3 Å². The molecule has 1 unspecified atom stereocenters. The second kappa shape index (κ2) is 5.77. The highest BCUT2D eigenvalue weighted by molar-refractivity contribution is 5.89. The van der Waals surface area contributed by atoms with Gasteiger partial charge in [0.15, 0.2) is 0 Å². The summed E-state index contributed by atoms with van der Waals surface area (Å²) < 4.78 is 23.3. The number of carbonyl (C=O) groups is 1. The Labute approximate surface area is 99.5 Å². The number of esters is 1. The summed E-state index contributed by atoms with van der Waals surface area (Å²) in [6, 6.07) is 5.50. The maximum Gasteiger partial charge on any atom is 0.338 e. The van der Waals surface area contributed by atoms with Gasteiger partial charge in [0.25, 0.3) is 0 Å². The molecule has 1 saturated heterocycles. The lowest BCUT2D eigenvalue weighted by atomic mass is 10.2. The third-order valence-corrected chi connectivity index (χ3v) is 2.76. The Hall–Kier alpha value is -1.42. The molecular formula is C13H15FO3. The van der Waals surface area contributed by atoms with Crippen molar-refractivity contribution in [3.8, 4) is 0 Å². The molecule has 2 rings (SSSR count). The molecule has 3 nitrogen and oxygen atoms in total. The summed E-state index contributed by atoms with van der Waals surface area (Å²) in [5.74, 6) is -0.916. The van der Waals surface area contributed by atoms with Crippen molar-refractivity contribution < 1.29 is 18.7 Å². The first-order chi connectivity index (χ1) is 8.25. The summed E-state index contributed by atoms with van der Waals surface area (Å²) >= 11 is 0. The van der Waals surface area contributed by atoms with Gasteiger partial charge in [-0.05, 0) is 31.0 Å². The predicted octanol–water partition coefficient (Wildman–Crippen LogP) is 2.55. The van der Waals surface area contributed by atoms with Gasteiger partial charge in [0.1, 0.15) is 5.82 Å². The van der Waals surface area contributed by atoms with Gasteiger partial charge in [-0.15, -0.1) is 0 Å². The molecule has 0 spiro atoms. The molecular weight excluding hydrogens is 223 g/mol. The molecule has 4 heteroatoms. The summed E-state index contributed by atoms with van der Waals surface area (Å²) in [4.78, 5) is 11.5. The van der Waals surface area contributed by atoms with Crippen LogP contribution >= 0.6 is 0 Å². The van der Waals surface area contributed by atoms with E-state index in [4.69, 9.17) is 9.47 Å². The maximum absolute atomic E-state index is 12.9. The van der Waals surface area contributed by atoms with E-state index in [1.807, 2.05) is 0 Å². The Balaban J connectivity index is 1.77. The lowest BCUT2D eigenvalue weighted by molar-refractivity contribution is 0.0385. The molecule has 1 heterocycles. The number of hydrogen-bond acceptors (Lipinski definition) is 3. The van der Waals surface area contributed by atoms with Crippen LogP contribution in [0, 0.1) is 5.82 Å². The largest absolute Gasteiger partial charge is 0.462 e. The average Bonchev–Trinajstić information content (AvgIpc) is 2.82. The zero-order chi connectivity index (χ0) is 12.1. The van der Waals surface area contributed by atoms with Crippen molar-refractivity contribution >= 4 is 5.97 Å². The van der Waals surface area contributed by atoms with Gasteiger partial charge in [-0.3, -0.25) is 0 Å². The molecule has 0 amide bonds. The predicted molar refractivity (Wildman–Crippen MR) is 60.3 cm³/mol. The Bertz CT molecular complexity index is 386. The minimum atomic E-state index is -0.484. The van der Waals surface area contributed by atoms with Crippen LogP contribution in [0.5, 0.6) is 0 Å². The zero-order valence-corrected chi connectivity index (χ0v) is 9.52. The van der Waals surface area contributed by atoms with E-state index in [2.05, 4.69) is 0 Å². The van der Waals surface area contributed by atoms with Crippen molar-refractivity contribution in [3.05, 3.63) is 35.6 Å². The topological polar surface area (TPSA) is 35.5 Å². The fraction of sp³-hybridized carbons (Fsp3) is 0.462. The average molecular weight is 238 g/mol. The van der Waals surface area contributed by atoms with E-state index < -0.39 is 11.8 Å². The monoisotopic (exact) mass is 238 g/mol. The van der Waals surface area contributed by atoms with E-state index in [-0.39, 0.29) is 11.7 Å². The van der Waals surface area contributed by atoms with Crippen molar-refractivity contribution in [2.45, 2.75) is 25.4 Å². The number of ether oxygens (including phenoxy) is 2. The van der Waals surface area contributed by atoms with Crippen LogP contribution in [0.2, 0.25) is 0 Å². The van der Waals surface area contributed by atoms with Gasteiger partial charge in [0, 0.05) is 13.0 Å². The van der Waals surface area contributed by atoms with Gasteiger partial charge in [-0.1, -0.05) is 6.07 Å². The standard InChI is InChI=1S/C13H15FO3/c14-11-4-1-3-10(9-11)13(15)17-8-6-12-5-2-7-16-12/h1,3-4,9,12H,2,5-8H2. The van der Waals surface area contributed by atoms with Crippen LogP contribution in [0.4, 0.5) is 4.39 Å². The second-order valence-corrected chi connectivity index (χ2v) is 4.07. The van der Waals surface area contributed by atoms with Crippen LogP contribution < -0.4 is 0 Å². The third-order valence-electron chi connectivity index (χ3n) is 2.76. The number of halogens is 1. The summed E-state index contributed by atoms with van der Waals surface area (Å²) in [7, 11) is 0. The van der Waals surface area contributed by atoms with Crippen LogP contribution in [0.15, 0.2) is 24.3 Å². The smallest absolute Gasteiger partial charge is 0.338 e. The molecule has 0 aliphatic carbocycles. The molecule has 0 N–H and O–H groups in total. The van der Waals surface area contributed by atoms with Gasteiger partial charge in [0.2, 0.25) is 0 Å². The lowest BCUT2D eigenvalue weighted by Crippen LogP contribution is -2.13. The van der Waals surface area contributed by atoms with Crippen molar-refractivity contribution in [1.29, 1.82) is 0 Å². The quantitative estimate of drug-likeness (QED) is 0.756. The number of rotatable bonds is 4. The SMILES string of the molecule is O=C(OCCC1CCCO1)c1cccc(F)c1. The van der Waals surface area contributed by atoms with Gasteiger partial charge in [-0.2, -0.15) is 0 Å². The Morgan fingerprint density at radius 2 is 2.41 bits per heavy atom. The third kappa shape index (κ3) is 3.53. The van der Waals surface area contributed by atoms with Gasteiger partial charge in [-0.25, -0.2) is 9.18 Å². The summed E-state index contributed by atoms with van der Waals surface area (Å²) in [6.07, 6.45) is 3.01. The normalized spacial score (nSPS) is 19.2. The van der Waals surface area contributed by atoms with Gasteiger partial charge in [0.05, 0.1) is 18.3 Å². The van der Waals surface area contributed by atoms with Crippen LogP contribution in [0.1, 0.15) is 29.6 Å². The minimum Gasteiger partial charge on any atom is -0.462 e. The van der Waals surface area contributed by atoms with Crippen molar-refractivity contribution in [3.63, 3.8) is 0 Å². The molecule has 92 valence electrons. The maximum atomic E-state index is 12.9. The molecule has 1 atom stereocenters. The fourth-order valence-corrected chi connectivity index (χ4v) is 1.85. The molecule has 17 heavy (non-hydrogen) atoms. The fourth-order valence-electron chi connectivity index (χ4n) is 1.85. The Morgan fingerprint density at radius 3 is 3.12 bits per heavy atom. The number of hydrogen-bond donors (Lipinski definition) is 0. The van der Waals surface area contributed by atoms with E-state index in [9.17, 15) is 9.18 Å². The van der Waals surface area contributed by atoms with E-state index in [0.717, 1.165) is 19.4 Å². The molecule has 0 bridgehead atoms. The molecule has 1 fully saturated rings. The van der Waals surface area contributed by atoms with Crippen molar-refractivity contribution in [1.82, 2.24) is 0 Å². The zero-order valence-electron chi connectivity index (χ0n) is 9.52. The van der Waals surface area contributed by atoms with E-state index in [0.29, 0.717) is 13.0 Å². The molecule has 0 saturated carbocycles. The van der Waals surface area contributed by atoms with E-state index in [1.54, 1.807) is 0 Å². The van der Waals surface area contributed by atoms with E-state index in [1.165, 1.54) is 24.3 Å². The number of carbonyl (C=O) groups excluding carboxylic acids is 1. The number of benzene rings is 1. The first kappa shape index (κ1) is 12.0. The Kier molecular flexibility index (Phi) is 4.09. The van der Waals surface area contributed by atoms with Crippen molar-refractivity contribution in [2.24, 2.45) is 0 Å². The van der Waals surface area contributed by atoms with Crippen LogP contribution in [0.25, 0.3) is 0 Å². The Morgan fingerprint density at radius 1 is 1.53 bits per heavy atom. The molecule has 1 aromatic carbocycles. The lowest BCUT2D eigenvalue weighted by Gasteiger charge is -2.09. The summed E-state index contributed by atoms with van der Waals surface area (Å²) in [5.41, 5.74) is 0.248. The summed E-state index contributed by atoms with van der Waals surface area (Å²) in [5, 5.41) is 0. The van der Waals surface area contributed by atoms with Crippen LogP contribution in [0.3, 0.4) is 0 Å². The highest BCUT2D eigenvalue weighted by Gasteiger charge is 2.16. The van der Waals surface area contributed by atoms with Gasteiger partial charge < -0.3 is 9.47 Å². The molecule has 1 aliphatic heterocycles. The summed E-state index contributed by atoms with van der Waals surface area (Å²) in [6.45, 7) is 1.11. The van der Waals surface area contributed by atoms with Crippen LogP contribution in [-0.2, 0) is 9.47 Å². The molecule has 0 aromatic heterocycles. The highest BCUT2D eigenvalue weighted by atomic mass is 19.1. The first-order valence-electron chi connectivity index (χ1n) is 5.80. The van der Waals surface area contributed by atoms with Crippen molar-refractivity contribution in [2.75, 3.05) is 13.2 Å². The van der Waals surface area contributed by atoms with Gasteiger partial charge >= 0.3 is 5.97 Å². The first-order valence-corrected chi connectivity index (χ1v) is 5.80. The molecule has 1 aromatic rings. The second-order valence-electron chi connectivity index (χ2n) is 4.07. The minimum absolute atomic E-state index is 0.204. The molecule has 1 aliphatic rings. The molecule has 0 radical (unpaired) electrons. The highest BCUT2D eigenvalue weighted by Crippen LogP contribution is 2.15.